The Labute approximate surface area is 214 Å². The molecule has 0 aromatic heterocycles. The number of aryl methyl sites for hydroxylation is 1. The molecule has 0 fully saturated rings. The Bertz CT molecular complexity index is 812. The molecule has 1 aromatic rings. The molecule has 2 unspecified atom stereocenters. The van der Waals surface area contributed by atoms with E-state index in [9.17, 15) is 19.5 Å². The lowest BCUT2D eigenvalue weighted by molar-refractivity contribution is -0.143. The predicted octanol–water partition coefficient (Wildman–Crippen LogP) is 3.81. The quantitative estimate of drug-likeness (QED) is 0.329. The number of carbonyl (C=O) groups excluding carboxylic acids is 3. The second kappa shape index (κ2) is 15.7. The number of unbranched alkanes of at least 4 members (excludes halogenated alkanes) is 2. The average molecular weight is 510 g/mol. The van der Waals surface area contributed by atoms with Gasteiger partial charge < -0.3 is 25.4 Å². The van der Waals surface area contributed by atoms with Gasteiger partial charge in [0.05, 0.1) is 6.61 Å². The van der Waals surface area contributed by atoms with Crippen molar-refractivity contribution in [3.8, 4) is 0 Å². The highest BCUT2D eigenvalue weighted by atomic mass is 32.2. The molecule has 0 heterocycles. The number of nitrogens with zero attached hydrogens (tertiary/aromatic N) is 1. The molecule has 0 bridgehead atoms. The number of alkyl carbamates (subject to hydrolysis) is 1. The van der Waals surface area contributed by atoms with E-state index in [-0.39, 0.29) is 19.1 Å². The molecule has 0 saturated heterocycles. The Morgan fingerprint density at radius 3 is 2.49 bits per heavy atom. The third-order valence-electron chi connectivity index (χ3n) is 5.22. The number of amides is 3. The van der Waals surface area contributed by atoms with Gasteiger partial charge in [-0.15, -0.1) is 0 Å². The van der Waals surface area contributed by atoms with Gasteiger partial charge >= 0.3 is 6.09 Å². The van der Waals surface area contributed by atoms with Gasteiger partial charge in [0.15, 0.2) is 0 Å². The number of benzene rings is 1. The van der Waals surface area contributed by atoms with E-state index in [2.05, 4.69) is 17.6 Å². The molecule has 2 atom stereocenters. The summed E-state index contributed by atoms with van der Waals surface area (Å²) < 4.78 is 5.37. The monoisotopic (exact) mass is 509 g/mol. The minimum absolute atomic E-state index is 0.0500. The van der Waals surface area contributed by atoms with Gasteiger partial charge in [0.1, 0.15) is 17.7 Å². The summed E-state index contributed by atoms with van der Waals surface area (Å²) in [5.74, 6) is -0.124. The molecule has 3 N–H and O–H groups in total. The summed E-state index contributed by atoms with van der Waals surface area (Å²) in [4.78, 5) is 41.0. The largest absolute Gasteiger partial charge is 0.444 e. The van der Waals surface area contributed by atoms with Crippen molar-refractivity contribution in [3.05, 3.63) is 35.4 Å². The maximum atomic E-state index is 13.8. The maximum Gasteiger partial charge on any atom is 0.408 e. The van der Waals surface area contributed by atoms with Crippen molar-refractivity contribution in [1.82, 2.24) is 15.5 Å². The molecular formula is C26H43N3O5S. The molecule has 198 valence electrons. The molecule has 0 radical (unpaired) electrons. The van der Waals surface area contributed by atoms with Crippen LogP contribution in [-0.2, 0) is 14.3 Å². The molecule has 0 saturated carbocycles. The summed E-state index contributed by atoms with van der Waals surface area (Å²) in [7, 11) is 0. The van der Waals surface area contributed by atoms with Crippen LogP contribution in [0.4, 0.5) is 4.79 Å². The predicted molar refractivity (Wildman–Crippen MR) is 141 cm³/mol. The fraction of sp³-hybridized carbons (Fsp3) is 0.654. The van der Waals surface area contributed by atoms with Crippen LogP contribution in [0, 0.1) is 6.92 Å². The van der Waals surface area contributed by atoms with Gasteiger partial charge in [0, 0.05) is 13.1 Å². The van der Waals surface area contributed by atoms with Crippen LogP contribution in [0.2, 0.25) is 0 Å². The van der Waals surface area contributed by atoms with Crippen LogP contribution in [0.1, 0.15) is 70.5 Å². The number of ether oxygens (including phenoxy) is 1. The summed E-state index contributed by atoms with van der Waals surface area (Å²) >= 11 is 1.55. The van der Waals surface area contributed by atoms with Crippen molar-refractivity contribution < 1.29 is 24.2 Å². The molecule has 0 aliphatic carbocycles. The summed E-state index contributed by atoms with van der Waals surface area (Å²) in [5.41, 5.74) is 0.888. The minimum atomic E-state index is -0.937. The molecule has 0 aliphatic rings. The first-order valence-corrected chi connectivity index (χ1v) is 13.7. The van der Waals surface area contributed by atoms with Crippen LogP contribution in [-0.4, -0.2) is 71.3 Å². The van der Waals surface area contributed by atoms with E-state index >= 15 is 0 Å². The van der Waals surface area contributed by atoms with Gasteiger partial charge in [-0.1, -0.05) is 49.6 Å². The molecule has 1 aromatic carbocycles. The second-order valence-electron chi connectivity index (χ2n) is 9.55. The van der Waals surface area contributed by atoms with Gasteiger partial charge in [-0.25, -0.2) is 4.79 Å². The van der Waals surface area contributed by atoms with Crippen molar-refractivity contribution in [2.45, 2.75) is 78.0 Å². The topological polar surface area (TPSA) is 108 Å². The molecule has 1 rings (SSSR count). The molecule has 0 spiro atoms. The Balaban J connectivity index is 3.31. The fourth-order valence-electron chi connectivity index (χ4n) is 3.61. The second-order valence-corrected chi connectivity index (χ2v) is 10.5. The molecule has 0 aliphatic heterocycles. The van der Waals surface area contributed by atoms with E-state index in [1.54, 1.807) is 38.6 Å². The molecule has 35 heavy (non-hydrogen) atoms. The van der Waals surface area contributed by atoms with Gasteiger partial charge in [0.25, 0.3) is 0 Å². The molecule has 8 nitrogen and oxygen atoms in total. The van der Waals surface area contributed by atoms with E-state index < -0.39 is 29.7 Å². The number of aliphatic hydroxyl groups excluding tert-OH is 1. The van der Waals surface area contributed by atoms with Gasteiger partial charge in [-0.2, -0.15) is 11.8 Å². The summed E-state index contributed by atoms with van der Waals surface area (Å²) in [5, 5.41) is 15.5. The third kappa shape index (κ3) is 11.3. The lowest BCUT2D eigenvalue weighted by Crippen LogP contribution is -2.54. The smallest absolute Gasteiger partial charge is 0.408 e. The van der Waals surface area contributed by atoms with Crippen LogP contribution < -0.4 is 10.6 Å². The van der Waals surface area contributed by atoms with Crippen molar-refractivity contribution in [3.63, 3.8) is 0 Å². The fourth-order valence-corrected chi connectivity index (χ4v) is 4.09. The van der Waals surface area contributed by atoms with Gasteiger partial charge in [-0.05, 0) is 58.1 Å². The Kier molecular flexibility index (Phi) is 13.8. The molecule has 3 amide bonds. The van der Waals surface area contributed by atoms with E-state index in [0.717, 1.165) is 24.8 Å². The maximum absolute atomic E-state index is 13.8. The average Bonchev–Trinajstić information content (AvgIpc) is 2.77. The van der Waals surface area contributed by atoms with E-state index in [4.69, 9.17) is 4.74 Å². The van der Waals surface area contributed by atoms with Crippen LogP contribution in [0.15, 0.2) is 24.3 Å². The number of rotatable bonds is 14. The van der Waals surface area contributed by atoms with Crippen molar-refractivity contribution >= 4 is 29.7 Å². The number of aliphatic hydroxyl groups is 1. The summed E-state index contributed by atoms with van der Waals surface area (Å²) in [6.07, 6.45) is 4.44. The van der Waals surface area contributed by atoms with Crippen LogP contribution >= 0.6 is 11.8 Å². The van der Waals surface area contributed by atoms with Crippen molar-refractivity contribution in [1.29, 1.82) is 0 Å². The van der Waals surface area contributed by atoms with Gasteiger partial charge in [-0.3, -0.25) is 9.59 Å². The lowest BCUT2D eigenvalue weighted by Gasteiger charge is -2.34. The number of carbonyl (C=O) groups is 3. The first kappa shape index (κ1) is 30.8. The van der Waals surface area contributed by atoms with E-state index in [1.165, 1.54) is 4.90 Å². The number of thioether (sulfide) groups is 1. The summed E-state index contributed by atoms with van der Waals surface area (Å²) in [6, 6.07) is 5.60. The van der Waals surface area contributed by atoms with Gasteiger partial charge in [0.2, 0.25) is 11.8 Å². The third-order valence-corrected chi connectivity index (χ3v) is 5.87. The zero-order chi connectivity index (χ0) is 26.4. The van der Waals surface area contributed by atoms with Crippen molar-refractivity contribution in [2.75, 3.05) is 31.7 Å². The Hall–Kier alpha value is -2.26. The summed E-state index contributed by atoms with van der Waals surface area (Å²) in [6.45, 7) is 9.39. The van der Waals surface area contributed by atoms with E-state index in [0.29, 0.717) is 24.3 Å². The SMILES string of the molecule is CCCCCNC(=O)C(c1cccc(C)c1)N(CCO)C(=O)C(CCSC)NC(=O)OC(C)(C)C. The van der Waals surface area contributed by atoms with Crippen LogP contribution in [0.5, 0.6) is 0 Å². The first-order chi connectivity index (χ1) is 16.5. The molecule has 9 heteroatoms. The Morgan fingerprint density at radius 1 is 1.20 bits per heavy atom. The number of hydrogen-bond donors (Lipinski definition) is 3. The zero-order valence-electron chi connectivity index (χ0n) is 22.1. The number of hydrogen-bond acceptors (Lipinski definition) is 6. The van der Waals surface area contributed by atoms with Crippen LogP contribution in [0.25, 0.3) is 0 Å². The first-order valence-electron chi connectivity index (χ1n) is 12.3. The highest BCUT2D eigenvalue weighted by molar-refractivity contribution is 7.98. The highest BCUT2D eigenvalue weighted by Gasteiger charge is 2.35. The zero-order valence-corrected chi connectivity index (χ0v) is 22.9. The van der Waals surface area contributed by atoms with Crippen LogP contribution in [0.3, 0.4) is 0 Å². The highest BCUT2D eigenvalue weighted by Crippen LogP contribution is 2.24. The standard InChI is InChI=1S/C26H43N3O5S/c1-7-8-9-14-27-23(31)22(20-12-10-11-19(2)18-20)29(15-16-30)24(32)21(13-17-35-6)28-25(33)34-26(3,4)5/h10-12,18,21-22,30H,7-9,13-17H2,1-6H3,(H,27,31)(H,28,33). The normalized spacial score (nSPS) is 13.0. The minimum Gasteiger partial charge on any atom is -0.444 e. The van der Waals surface area contributed by atoms with Crippen molar-refractivity contribution in [2.24, 2.45) is 0 Å². The molecular weight excluding hydrogens is 466 g/mol. The lowest BCUT2D eigenvalue weighted by atomic mass is 10.0. The number of nitrogens with one attached hydrogen (secondary N) is 2. The van der Waals surface area contributed by atoms with E-state index in [1.807, 2.05) is 31.4 Å². The Morgan fingerprint density at radius 2 is 1.91 bits per heavy atom.